The summed E-state index contributed by atoms with van der Waals surface area (Å²) in [5, 5.41) is 20.5. The number of aromatic hydroxyl groups is 2. The van der Waals surface area contributed by atoms with Gasteiger partial charge in [0.05, 0.1) is 14.2 Å². The molecule has 0 aliphatic heterocycles. The zero-order chi connectivity index (χ0) is 19.7. The van der Waals surface area contributed by atoms with E-state index in [4.69, 9.17) is 9.47 Å². The summed E-state index contributed by atoms with van der Waals surface area (Å²) in [5.41, 5.74) is 6.12. The molecule has 0 unspecified atom stereocenters. The van der Waals surface area contributed by atoms with Crippen LogP contribution < -0.4 is 9.47 Å². The first-order chi connectivity index (χ1) is 13.6. The number of hydrogen-bond donors (Lipinski definition) is 2. The lowest BCUT2D eigenvalue weighted by Gasteiger charge is -2.24. The topological polar surface area (TPSA) is 58.9 Å². The van der Waals surface area contributed by atoms with Crippen LogP contribution in [0.1, 0.15) is 60.3 Å². The molecule has 0 bridgehead atoms. The van der Waals surface area contributed by atoms with Crippen molar-refractivity contribution in [3.63, 3.8) is 0 Å². The molecule has 0 amide bonds. The number of benzene rings is 2. The van der Waals surface area contributed by atoms with Gasteiger partial charge in [-0.05, 0) is 90.6 Å². The van der Waals surface area contributed by atoms with E-state index in [1.54, 1.807) is 14.2 Å². The lowest BCUT2D eigenvalue weighted by molar-refractivity contribution is 0.372. The third-order valence-corrected chi connectivity index (χ3v) is 6.11. The molecule has 0 saturated carbocycles. The normalized spacial score (nSPS) is 18.9. The highest BCUT2D eigenvalue weighted by atomic mass is 16.5. The van der Waals surface area contributed by atoms with Crippen LogP contribution in [-0.4, -0.2) is 24.4 Å². The molecule has 0 heterocycles. The molecule has 0 saturated heterocycles. The van der Waals surface area contributed by atoms with Crippen LogP contribution in [0.3, 0.4) is 0 Å². The van der Waals surface area contributed by atoms with E-state index in [-0.39, 0.29) is 17.4 Å². The Morgan fingerprint density at radius 3 is 2.25 bits per heavy atom. The Labute approximate surface area is 166 Å². The number of phenols is 2. The number of hydrogen-bond acceptors (Lipinski definition) is 4. The molecule has 2 aliphatic carbocycles. The molecule has 4 nitrogen and oxygen atoms in total. The first kappa shape index (κ1) is 18.7. The highest BCUT2D eigenvalue weighted by Gasteiger charge is 2.27. The SMILES string of the molecule is COc1cc2c(cc1O)CCCC=C2[C@@H]1CCCCc2cc(O)c(OC)cc21. The standard InChI is InChI=1S/C24H28O4/c1-27-23-13-19-15(11-21(23)25)7-3-5-9-17(19)18-10-6-4-8-16-12-22(26)24(28-2)14-20(16)18/h9,11-14,18,25-26H,3-8,10H2,1-2H3/t18-/m0/s1. The van der Waals surface area contributed by atoms with Gasteiger partial charge in [0.2, 0.25) is 0 Å². The second-order valence-electron chi connectivity index (χ2n) is 7.75. The zero-order valence-electron chi connectivity index (χ0n) is 16.6. The molecule has 2 aromatic carbocycles. The van der Waals surface area contributed by atoms with Crippen LogP contribution >= 0.6 is 0 Å². The van der Waals surface area contributed by atoms with E-state index in [9.17, 15) is 10.2 Å². The number of aryl methyl sites for hydroxylation is 2. The van der Waals surface area contributed by atoms with Gasteiger partial charge in [0.15, 0.2) is 23.0 Å². The van der Waals surface area contributed by atoms with Gasteiger partial charge in [-0.15, -0.1) is 0 Å². The maximum atomic E-state index is 10.3. The Kier molecular flexibility index (Phi) is 5.21. The Hall–Kier alpha value is -2.62. The van der Waals surface area contributed by atoms with Crippen LogP contribution in [0.5, 0.6) is 23.0 Å². The van der Waals surface area contributed by atoms with Gasteiger partial charge in [0.25, 0.3) is 0 Å². The number of allylic oxidation sites excluding steroid dienone is 2. The van der Waals surface area contributed by atoms with Gasteiger partial charge < -0.3 is 19.7 Å². The molecule has 4 heteroatoms. The van der Waals surface area contributed by atoms with Gasteiger partial charge in [-0.1, -0.05) is 12.5 Å². The Morgan fingerprint density at radius 2 is 1.50 bits per heavy atom. The summed E-state index contributed by atoms with van der Waals surface area (Å²) >= 11 is 0. The first-order valence-corrected chi connectivity index (χ1v) is 10.1. The summed E-state index contributed by atoms with van der Waals surface area (Å²) in [6, 6.07) is 7.75. The molecule has 0 spiro atoms. The van der Waals surface area contributed by atoms with Crippen LogP contribution in [0.4, 0.5) is 0 Å². The minimum atomic E-state index is 0.204. The lowest BCUT2D eigenvalue weighted by atomic mass is 9.81. The van der Waals surface area contributed by atoms with E-state index < -0.39 is 0 Å². The van der Waals surface area contributed by atoms with Crippen molar-refractivity contribution in [1.29, 1.82) is 0 Å². The second kappa shape index (κ2) is 7.78. The Bertz CT molecular complexity index is 913. The average molecular weight is 380 g/mol. The van der Waals surface area contributed by atoms with Crippen molar-refractivity contribution in [3.8, 4) is 23.0 Å². The number of rotatable bonds is 3. The molecule has 1 atom stereocenters. The van der Waals surface area contributed by atoms with Crippen molar-refractivity contribution >= 4 is 5.57 Å². The van der Waals surface area contributed by atoms with Crippen molar-refractivity contribution < 1.29 is 19.7 Å². The summed E-state index contributed by atoms with van der Waals surface area (Å²) in [4.78, 5) is 0. The molecular formula is C24H28O4. The van der Waals surface area contributed by atoms with E-state index in [0.717, 1.165) is 44.9 Å². The summed E-state index contributed by atoms with van der Waals surface area (Å²) in [7, 11) is 3.19. The quantitative estimate of drug-likeness (QED) is 0.705. The smallest absolute Gasteiger partial charge is 0.161 e. The molecule has 4 rings (SSSR count). The molecule has 148 valence electrons. The largest absolute Gasteiger partial charge is 0.504 e. The second-order valence-corrected chi connectivity index (χ2v) is 7.75. The summed E-state index contributed by atoms with van der Waals surface area (Å²) < 4.78 is 10.8. The van der Waals surface area contributed by atoms with Crippen molar-refractivity contribution in [2.24, 2.45) is 0 Å². The van der Waals surface area contributed by atoms with Crippen LogP contribution in [0, 0.1) is 0 Å². The molecular weight excluding hydrogens is 352 g/mol. The fraction of sp³-hybridized carbons (Fsp3) is 0.417. The maximum Gasteiger partial charge on any atom is 0.161 e. The third kappa shape index (κ3) is 3.32. The van der Waals surface area contributed by atoms with Gasteiger partial charge in [-0.25, -0.2) is 0 Å². The van der Waals surface area contributed by atoms with Crippen LogP contribution in [0.2, 0.25) is 0 Å². The fourth-order valence-electron chi connectivity index (χ4n) is 4.71. The predicted molar refractivity (Wildman–Crippen MR) is 111 cm³/mol. The Balaban J connectivity index is 1.87. The van der Waals surface area contributed by atoms with E-state index >= 15 is 0 Å². The zero-order valence-corrected chi connectivity index (χ0v) is 16.6. The van der Waals surface area contributed by atoms with Crippen molar-refractivity contribution in [3.05, 3.63) is 52.6 Å². The highest BCUT2D eigenvalue weighted by molar-refractivity contribution is 5.77. The number of phenolic OH excluding ortho intramolecular Hbond substituents is 2. The van der Waals surface area contributed by atoms with E-state index in [2.05, 4.69) is 6.08 Å². The Morgan fingerprint density at radius 1 is 0.821 bits per heavy atom. The number of ether oxygens (including phenoxy) is 2. The predicted octanol–water partition coefficient (Wildman–Crippen LogP) is 5.34. The summed E-state index contributed by atoms with van der Waals surface area (Å²) in [6.07, 6.45) is 9.71. The van der Waals surface area contributed by atoms with Gasteiger partial charge in [-0.2, -0.15) is 0 Å². The van der Waals surface area contributed by atoms with Gasteiger partial charge in [0.1, 0.15) is 0 Å². The monoisotopic (exact) mass is 380 g/mol. The van der Waals surface area contributed by atoms with E-state index in [0.29, 0.717) is 11.5 Å². The first-order valence-electron chi connectivity index (χ1n) is 10.1. The highest BCUT2D eigenvalue weighted by Crippen LogP contribution is 2.47. The average Bonchev–Trinajstić information content (AvgIpc) is 3.01. The van der Waals surface area contributed by atoms with Crippen molar-refractivity contribution in [1.82, 2.24) is 0 Å². The fourth-order valence-corrected chi connectivity index (χ4v) is 4.71. The van der Waals surface area contributed by atoms with Crippen molar-refractivity contribution in [2.75, 3.05) is 14.2 Å². The summed E-state index contributed by atoms with van der Waals surface area (Å²) in [5.74, 6) is 1.71. The van der Waals surface area contributed by atoms with E-state index in [1.807, 2.05) is 24.3 Å². The molecule has 0 aromatic heterocycles. The molecule has 2 aliphatic rings. The minimum Gasteiger partial charge on any atom is -0.504 e. The minimum absolute atomic E-state index is 0.204. The molecule has 0 fully saturated rings. The third-order valence-electron chi connectivity index (χ3n) is 6.11. The number of fused-ring (bicyclic) bond motifs is 2. The molecule has 28 heavy (non-hydrogen) atoms. The van der Waals surface area contributed by atoms with Gasteiger partial charge in [-0.3, -0.25) is 0 Å². The summed E-state index contributed by atoms with van der Waals surface area (Å²) in [6.45, 7) is 0. The van der Waals surface area contributed by atoms with Crippen LogP contribution in [0.25, 0.3) is 5.57 Å². The lowest BCUT2D eigenvalue weighted by Crippen LogP contribution is -2.06. The van der Waals surface area contributed by atoms with E-state index in [1.165, 1.54) is 27.8 Å². The van der Waals surface area contributed by atoms with Gasteiger partial charge >= 0.3 is 0 Å². The number of methoxy groups -OCH3 is 2. The van der Waals surface area contributed by atoms with Crippen LogP contribution in [0.15, 0.2) is 30.3 Å². The van der Waals surface area contributed by atoms with Crippen molar-refractivity contribution in [2.45, 2.75) is 50.9 Å². The molecule has 2 aromatic rings. The van der Waals surface area contributed by atoms with Gasteiger partial charge in [0, 0.05) is 5.92 Å². The maximum absolute atomic E-state index is 10.3. The molecule has 2 N–H and O–H groups in total. The van der Waals surface area contributed by atoms with Crippen LogP contribution in [-0.2, 0) is 12.8 Å². The molecule has 0 radical (unpaired) electrons.